The number of amides is 2. The van der Waals surface area contributed by atoms with Crippen LogP contribution in [-0.2, 0) is 9.63 Å². The molecule has 0 spiro atoms. The summed E-state index contributed by atoms with van der Waals surface area (Å²) in [5, 5.41) is 1.02. The van der Waals surface area contributed by atoms with Crippen molar-refractivity contribution < 1.29 is 14.4 Å². The van der Waals surface area contributed by atoms with Crippen molar-refractivity contribution in [3.05, 3.63) is 75.9 Å². The van der Waals surface area contributed by atoms with Gasteiger partial charge in [0.05, 0.1) is 28.9 Å². The smallest absolute Gasteiger partial charge is 0.255 e. The lowest BCUT2D eigenvalue weighted by Gasteiger charge is -2.38. The summed E-state index contributed by atoms with van der Waals surface area (Å²) in [6, 6.07) is 13.9. The van der Waals surface area contributed by atoms with Gasteiger partial charge in [-0.2, -0.15) is 0 Å². The molecule has 1 unspecified atom stereocenters. The lowest BCUT2D eigenvalue weighted by atomic mass is 10.1. The number of anilines is 1. The van der Waals surface area contributed by atoms with Gasteiger partial charge >= 0.3 is 0 Å². The largest absolute Gasteiger partial charge is 0.368 e. The van der Waals surface area contributed by atoms with Crippen LogP contribution in [0.1, 0.15) is 17.3 Å². The van der Waals surface area contributed by atoms with Crippen molar-refractivity contribution in [2.75, 3.05) is 44.2 Å². The predicted molar refractivity (Wildman–Crippen MR) is 129 cm³/mol. The molecule has 1 fully saturated rings. The third-order valence-corrected chi connectivity index (χ3v) is 6.52. The number of carbonyl (C=O) groups excluding carboxylic acids is 2. The minimum atomic E-state index is -0.683. The first-order valence-electron chi connectivity index (χ1n) is 10.9. The van der Waals surface area contributed by atoms with Gasteiger partial charge in [0.25, 0.3) is 5.91 Å². The Bertz CT molecular complexity index is 1040. The summed E-state index contributed by atoms with van der Waals surface area (Å²) in [6.45, 7) is 5.04. The van der Waals surface area contributed by atoms with Gasteiger partial charge in [-0.3, -0.25) is 19.9 Å². The number of rotatable bonds is 6. The fraction of sp³-hybridized carbons (Fsp3) is 0.333. The van der Waals surface area contributed by atoms with Crippen LogP contribution in [0.15, 0.2) is 60.3 Å². The lowest BCUT2D eigenvalue weighted by molar-refractivity contribution is -0.134. The Morgan fingerprint density at radius 1 is 1.03 bits per heavy atom. The Hall–Kier alpha value is -2.74. The third-order valence-electron chi connectivity index (χ3n) is 5.78. The molecule has 9 heteroatoms. The lowest BCUT2D eigenvalue weighted by Crippen LogP contribution is -2.54. The van der Waals surface area contributed by atoms with E-state index in [0.29, 0.717) is 54.1 Å². The van der Waals surface area contributed by atoms with Crippen molar-refractivity contribution in [3.63, 3.8) is 0 Å². The number of hydrogen-bond donors (Lipinski definition) is 1. The van der Waals surface area contributed by atoms with Crippen molar-refractivity contribution in [2.45, 2.75) is 13.0 Å². The maximum atomic E-state index is 13.5. The quantitative estimate of drug-likeness (QED) is 0.629. The molecule has 33 heavy (non-hydrogen) atoms. The number of nitrogens with one attached hydrogen (secondary N) is 1. The summed E-state index contributed by atoms with van der Waals surface area (Å²) in [6.07, 6.45) is 1.78. The van der Waals surface area contributed by atoms with Crippen LogP contribution in [0.3, 0.4) is 0 Å². The van der Waals surface area contributed by atoms with Crippen molar-refractivity contribution >= 4 is 40.7 Å². The first kappa shape index (κ1) is 23.4. The highest BCUT2D eigenvalue weighted by atomic mass is 35.5. The molecule has 2 aromatic rings. The number of nitrogens with zero attached hydrogens (tertiary/aromatic N) is 3. The van der Waals surface area contributed by atoms with Crippen molar-refractivity contribution in [2.24, 2.45) is 0 Å². The second kappa shape index (κ2) is 10.5. The van der Waals surface area contributed by atoms with Crippen LogP contribution in [0.25, 0.3) is 0 Å². The molecule has 2 aliphatic heterocycles. The van der Waals surface area contributed by atoms with Crippen molar-refractivity contribution in [3.8, 4) is 0 Å². The van der Waals surface area contributed by atoms with E-state index < -0.39 is 6.04 Å². The zero-order chi connectivity index (χ0) is 23.4. The van der Waals surface area contributed by atoms with Crippen LogP contribution in [0.5, 0.6) is 0 Å². The number of benzene rings is 2. The summed E-state index contributed by atoms with van der Waals surface area (Å²) < 4.78 is 0. The molecule has 2 amide bonds. The van der Waals surface area contributed by atoms with Gasteiger partial charge in [-0.1, -0.05) is 41.4 Å². The van der Waals surface area contributed by atoms with Crippen LogP contribution < -0.4 is 10.4 Å². The molecule has 4 rings (SSSR count). The molecule has 2 aliphatic rings. The number of piperazine rings is 1. The predicted octanol–water partition coefficient (Wildman–Crippen LogP) is 3.59. The van der Waals surface area contributed by atoms with E-state index in [0.717, 1.165) is 5.69 Å². The molecular formula is C24H26Cl2N4O3. The van der Waals surface area contributed by atoms with E-state index in [2.05, 4.69) is 10.4 Å². The topological polar surface area (TPSA) is 65.1 Å². The first-order chi connectivity index (χ1) is 16.0. The van der Waals surface area contributed by atoms with E-state index in [9.17, 15) is 9.59 Å². The van der Waals surface area contributed by atoms with Gasteiger partial charge in [0, 0.05) is 37.4 Å². The minimum Gasteiger partial charge on any atom is -0.368 e. The summed E-state index contributed by atoms with van der Waals surface area (Å²) >= 11 is 12.2. The molecule has 0 aromatic heterocycles. The first-order valence-corrected chi connectivity index (χ1v) is 11.7. The second-order valence-electron chi connectivity index (χ2n) is 7.88. The van der Waals surface area contributed by atoms with Gasteiger partial charge in [-0.05, 0) is 43.3 Å². The molecule has 174 valence electrons. The molecule has 0 radical (unpaired) electrons. The molecule has 1 saturated heterocycles. The average Bonchev–Trinajstić information content (AvgIpc) is 3.28. The Balaban J connectivity index is 1.46. The number of carbonyl (C=O) groups is 2. The van der Waals surface area contributed by atoms with Crippen LogP contribution in [0, 0.1) is 0 Å². The molecule has 1 atom stereocenters. The highest BCUT2D eigenvalue weighted by molar-refractivity contribution is 6.42. The van der Waals surface area contributed by atoms with Gasteiger partial charge in [0.2, 0.25) is 5.91 Å². The van der Waals surface area contributed by atoms with Crippen LogP contribution in [0.2, 0.25) is 10.0 Å². The normalized spacial score (nSPS) is 18.3. The zero-order valence-corrected chi connectivity index (χ0v) is 19.9. The second-order valence-corrected chi connectivity index (χ2v) is 8.70. The Labute approximate surface area is 203 Å². The van der Waals surface area contributed by atoms with E-state index >= 15 is 0 Å². The fourth-order valence-electron chi connectivity index (χ4n) is 4.05. The van der Waals surface area contributed by atoms with Crippen LogP contribution in [0.4, 0.5) is 5.69 Å². The van der Waals surface area contributed by atoms with Gasteiger partial charge in [0.15, 0.2) is 0 Å². The number of hydroxylamine groups is 1. The molecular weight excluding hydrogens is 463 g/mol. The van der Waals surface area contributed by atoms with Crippen LogP contribution >= 0.6 is 23.2 Å². The van der Waals surface area contributed by atoms with Gasteiger partial charge in [0.1, 0.15) is 6.04 Å². The van der Waals surface area contributed by atoms with E-state index in [1.807, 2.05) is 42.2 Å². The van der Waals surface area contributed by atoms with E-state index in [1.54, 1.807) is 29.2 Å². The molecule has 0 bridgehead atoms. The Kier molecular flexibility index (Phi) is 7.42. The number of hydrogen-bond acceptors (Lipinski definition) is 5. The summed E-state index contributed by atoms with van der Waals surface area (Å²) in [5.41, 5.74) is 5.08. The van der Waals surface area contributed by atoms with Gasteiger partial charge in [-0.15, -0.1) is 0 Å². The maximum absolute atomic E-state index is 13.5. The van der Waals surface area contributed by atoms with E-state index in [-0.39, 0.29) is 18.4 Å². The van der Waals surface area contributed by atoms with E-state index in [1.165, 1.54) is 0 Å². The monoisotopic (exact) mass is 488 g/mol. The number of halogens is 2. The fourth-order valence-corrected chi connectivity index (χ4v) is 4.34. The summed E-state index contributed by atoms with van der Waals surface area (Å²) in [4.78, 5) is 37.5. The highest BCUT2D eigenvalue weighted by Crippen LogP contribution is 2.28. The highest BCUT2D eigenvalue weighted by Gasteiger charge is 2.38. The maximum Gasteiger partial charge on any atom is 0.255 e. The molecule has 2 aromatic carbocycles. The Morgan fingerprint density at radius 3 is 2.42 bits per heavy atom. The van der Waals surface area contributed by atoms with Crippen LogP contribution in [-0.4, -0.2) is 67.0 Å². The minimum absolute atomic E-state index is 0.0960. The van der Waals surface area contributed by atoms with E-state index in [4.69, 9.17) is 28.0 Å². The average molecular weight is 489 g/mol. The SMILES string of the molecule is CCONC1=CC(C(=O)N2CCN(c3ccc(Cl)c(Cl)c3)CC2)N(C(=O)c2ccccc2)C1. The molecule has 1 N–H and O–H groups in total. The van der Waals surface area contributed by atoms with Crippen molar-refractivity contribution in [1.29, 1.82) is 0 Å². The summed E-state index contributed by atoms with van der Waals surface area (Å²) in [7, 11) is 0. The molecule has 0 aliphatic carbocycles. The zero-order valence-electron chi connectivity index (χ0n) is 18.3. The Morgan fingerprint density at radius 2 is 1.76 bits per heavy atom. The van der Waals surface area contributed by atoms with Gasteiger partial charge < -0.3 is 14.7 Å². The molecule has 7 nitrogen and oxygen atoms in total. The van der Waals surface area contributed by atoms with Crippen molar-refractivity contribution in [1.82, 2.24) is 15.3 Å². The third kappa shape index (κ3) is 5.27. The molecule has 2 heterocycles. The van der Waals surface area contributed by atoms with Gasteiger partial charge in [-0.25, -0.2) is 0 Å². The standard InChI is InChI=1S/C24H26Cl2N4O3/c1-2-33-27-18-14-22(30(16-18)23(31)17-6-4-3-5-7-17)24(32)29-12-10-28(11-13-29)19-8-9-20(25)21(26)15-19/h3-9,14-15,22,27H,2,10-13,16H2,1H3. The molecule has 0 saturated carbocycles. The summed E-state index contributed by atoms with van der Waals surface area (Å²) in [5.74, 6) is -0.283.